The van der Waals surface area contributed by atoms with Crippen molar-refractivity contribution >= 4 is 34.2 Å². The van der Waals surface area contributed by atoms with E-state index in [1.165, 1.54) is 0 Å². The maximum absolute atomic E-state index is 12.7. The van der Waals surface area contributed by atoms with E-state index in [9.17, 15) is 4.79 Å². The van der Waals surface area contributed by atoms with Crippen LogP contribution in [0.1, 0.15) is 0 Å². The van der Waals surface area contributed by atoms with Crippen molar-refractivity contribution in [2.24, 2.45) is 0 Å². The van der Waals surface area contributed by atoms with Crippen LogP contribution in [0.3, 0.4) is 0 Å². The van der Waals surface area contributed by atoms with Gasteiger partial charge in [-0.3, -0.25) is 4.79 Å². The quantitative estimate of drug-likeness (QED) is 0.726. The average Bonchev–Trinajstić information content (AvgIpc) is 3.04. The number of carbonyl (C=O) groups excluding carboxylic acids is 1. The molecule has 1 aliphatic heterocycles. The van der Waals surface area contributed by atoms with Crippen LogP contribution >= 0.6 is 11.6 Å². The fourth-order valence-corrected chi connectivity index (χ4v) is 3.46. The molecule has 0 bridgehead atoms. The molecule has 1 saturated heterocycles. The number of carbonyl (C=O) groups is 1. The lowest BCUT2D eigenvalue weighted by atomic mass is 10.2. The van der Waals surface area contributed by atoms with E-state index in [-0.39, 0.29) is 5.91 Å². The van der Waals surface area contributed by atoms with Gasteiger partial charge < -0.3 is 14.4 Å². The van der Waals surface area contributed by atoms with Crippen LogP contribution in [0, 0.1) is 0 Å². The predicted octanol–water partition coefficient (Wildman–Crippen LogP) is 3.04. The Kier molecular flexibility index (Phi) is 4.32. The van der Waals surface area contributed by atoms with Crippen LogP contribution in [0.4, 0.5) is 5.82 Å². The van der Waals surface area contributed by atoms with Crippen molar-refractivity contribution in [2.75, 3.05) is 31.1 Å². The molecule has 128 valence electrons. The van der Waals surface area contributed by atoms with E-state index < -0.39 is 0 Å². The van der Waals surface area contributed by atoms with E-state index in [1.807, 2.05) is 58.1 Å². The maximum Gasteiger partial charge on any atom is 0.242 e. The van der Waals surface area contributed by atoms with Gasteiger partial charge in [0.15, 0.2) is 0 Å². The first-order chi connectivity index (χ1) is 12.2. The first-order valence-electron chi connectivity index (χ1n) is 8.39. The van der Waals surface area contributed by atoms with Gasteiger partial charge in [0, 0.05) is 54.5 Å². The Labute approximate surface area is 151 Å². The number of nitrogens with zero attached hydrogens (tertiary/aromatic N) is 4. The molecule has 0 radical (unpaired) electrons. The zero-order chi connectivity index (χ0) is 17.2. The highest BCUT2D eigenvalue weighted by atomic mass is 35.5. The fourth-order valence-electron chi connectivity index (χ4n) is 3.28. The van der Waals surface area contributed by atoms with Crippen LogP contribution in [0.15, 0.2) is 54.9 Å². The van der Waals surface area contributed by atoms with Crippen molar-refractivity contribution in [1.82, 2.24) is 14.5 Å². The van der Waals surface area contributed by atoms with Gasteiger partial charge in [0.05, 0.1) is 0 Å². The number of amides is 1. The number of piperazine rings is 1. The van der Waals surface area contributed by atoms with Gasteiger partial charge in [-0.1, -0.05) is 17.7 Å². The van der Waals surface area contributed by atoms with Gasteiger partial charge in [0.25, 0.3) is 0 Å². The molecule has 0 spiro atoms. The maximum atomic E-state index is 12.7. The summed E-state index contributed by atoms with van der Waals surface area (Å²) in [6.45, 7) is 3.42. The van der Waals surface area contributed by atoms with Crippen LogP contribution in [-0.4, -0.2) is 46.5 Å². The minimum Gasteiger partial charge on any atom is -0.353 e. The van der Waals surface area contributed by atoms with Gasteiger partial charge in [-0.05, 0) is 36.4 Å². The second-order valence-corrected chi connectivity index (χ2v) is 6.64. The molecular weight excluding hydrogens is 336 g/mol. The van der Waals surface area contributed by atoms with Crippen LogP contribution in [0.2, 0.25) is 5.02 Å². The highest BCUT2D eigenvalue weighted by Gasteiger charge is 2.22. The van der Waals surface area contributed by atoms with Crippen molar-refractivity contribution in [3.8, 4) is 0 Å². The number of hydrogen-bond acceptors (Lipinski definition) is 3. The van der Waals surface area contributed by atoms with E-state index in [0.717, 1.165) is 42.9 Å². The molecule has 0 N–H and O–H groups in total. The van der Waals surface area contributed by atoms with Crippen molar-refractivity contribution in [1.29, 1.82) is 0 Å². The van der Waals surface area contributed by atoms with E-state index >= 15 is 0 Å². The summed E-state index contributed by atoms with van der Waals surface area (Å²) >= 11 is 6.03. The minimum absolute atomic E-state index is 0.146. The Morgan fingerprint density at radius 2 is 1.92 bits per heavy atom. The number of fused-ring (bicyclic) bond motifs is 1. The standard InChI is InChI=1S/C19H19ClN4O/c20-16-4-5-17-15(13-16)6-8-24(17)14-19(25)23-11-9-22(10-12-23)18-3-1-2-7-21-18/h1-8,13H,9-12,14H2. The SMILES string of the molecule is O=C(Cn1ccc2cc(Cl)ccc21)N1CCN(c2ccccn2)CC1. The molecule has 6 heteroatoms. The van der Waals surface area contributed by atoms with Gasteiger partial charge >= 0.3 is 0 Å². The first kappa shape index (κ1) is 16.0. The number of benzene rings is 1. The number of rotatable bonds is 3. The smallest absolute Gasteiger partial charge is 0.242 e. The average molecular weight is 355 g/mol. The largest absolute Gasteiger partial charge is 0.353 e. The Bertz CT molecular complexity index is 885. The molecule has 1 aliphatic rings. The molecule has 0 saturated carbocycles. The van der Waals surface area contributed by atoms with Gasteiger partial charge in [0.1, 0.15) is 12.4 Å². The minimum atomic E-state index is 0.146. The summed E-state index contributed by atoms with van der Waals surface area (Å²) in [5.74, 6) is 1.12. The number of halogens is 1. The third-order valence-electron chi connectivity index (χ3n) is 4.64. The van der Waals surface area contributed by atoms with Crippen LogP contribution in [0.5, 0.6) is 0 Å². The van der Waals surface area contributed by atoms with Crippen molar-refractivity contribution in [3.05, 3.63) is 59.9 Å². The molecular formula is C19H19ClN4O. The second kappa shape index (κ2) is 6.76. The molecule has 3 heterocycles. The monoisotopic (exact) mass is 354 g/mol. The van der Waals surface area contributed by atoms with Gasteiger partial charge in [-0.2, -0.15) is 0 Å². The molecule has 1 fully saturated rings. The Morgan fingerprint density at radius 3 is 2.68 bits per heavy atom. The van der Waals surface area contributed by atoms with Gasteiger partial charge in [-0.15, -0.1) is 0 Å². The topological polar surface area (TPSA) is 41.4 Å². The van der Waals surface area contributed by atoms with E-state index in [1.54, 1.807) is 6.20 Å². The molecule has 0 atom stereocenters. The lowest BCUT2D eigenvalue weighted by molar-refractivity contribution is -0.132. The summed E-state index contributed by atoms with van der Waals surface area (Å²) in [7, 11) is 0. The summed E-state index contributed by atoms with van der Waals surface area (Å²) in [5, 5.41) is 1.77. The molecule has 0 unspecified atom stereocenters. The van der Waals surface area contributed by atoms with Gasteiger partial charge in [0.2, 0.25) is 5.91 Å². The Balaban J connectivity index is 1.40. The number of hydrogen-bond donors (Lipinski definition) is 0. The lowest BCUT2D eigenvalue weighted by Crippen LogP contribution is -2.49. The second-order valence-electron chi connectivity index (χ2n) is 6.20. The van der Waals surface area contributed by atoms with Crippen molar-refractivity contribution in [3.63, 3.8) is 0 Å². The Morgan fingerprint density at radius 1 is 1.08 bits per heavy atom. The Hall–Kier alpha value is -2.53. The normalized spacial score (nSPS) is 14.9. The van der Waals surface area contributed by atoms with Crippen LogP contribution < -0.4 is 4.90 Å². The van der Waals surface area contributed by atoms with E-state index in [0.29, 0.717) is 11.6 Å². The predicted molar refractivity (Wildman–Crippen MR) is 100.0 cm³/mol. The summed E-state index contributed by atoms with van der Waals surface area (Å²) in [6, 6.07) is 13.6. The molecule has 1 aromatic carbocycles. The summed E-state index contributed by atoms with van der Waals surface area (Å²) in [4.78, 5) is 21.2. The third-order valence-corrected chi connectivity index (χ3v) is 4.88. The molecule has 25 heavy (non-hydrogen) atoms. The van der Waals surface area contributed by atoms with Crippen molar-refractivity contribution in [2.45, 2.75) is 6.54 Å². The highest BCUT2D eigenvalue weighted by Crippen LogP contribution is 2.21. The zero-order valence-corrected chi connectivity index (χ0v) is 14.6. The zero-order valence-electron chi connectivity index (χ0n) is 13.8. The molecule has 0 aliphatic carbocycles. The lowest BCUT2D eigenvalue weighted by Gasteiger charge is -2.35. The summed E-state index contributed by atoms with van der Waals surface area (Å²) < 4.78 is 1.99. The van der Waals surface area contributed by atoms with Gasteiger partial charge in [-0.25, -0.2) is 4.98 Å². The summed E-state index contributed by atoms with van der Waals surface area (Å²) in [5.41, 5.74) is 1.03. The number of pyridine rings is 1. The third kappa shape index (κ3) is 3.33. The summed E-state index contributed by atoms with van der Waals surface area (Å²) in [6.07, 6.45) is 3.75. The molecule has 2 aromatic heterocycles. The first-order valence-corrected chi connectivity index (χ1v) is 8.77. The molecule has 4 rings (SSSR count). The number of anilines is 1. The van der Waals surface area contributed by atoms with Crippen molar-refractivity contribution < 1.29 is 4.79 Å². The van der Waals surface area contributed by atoms with E-state index in [2.05, 4.69) is 9.88 Å². The molecule has 1 amide bonds. The molecule has 5 nitrogen and oxygen atoms in total. The number of aromatic nitrogens is 2. The van der Waals surface area contributed by atoms with Crippen LogP contribution in [-0.2, 0) is 11.3 Å². The fraction of sp³-hybridized carbons (Fsp3) is 0.263. The molecule has 3 aromatic rings. The van der Waals surface area contributed by atoms with Crippen LogP contribution in [0.25, 0.3) is 10.9 Å². The van der Waals surface area contributed by atoms with E-state index in [4.69, 9.17) is 11.6 Å². The highest BCUT2D eigenvalue weighted by molar-refractivity contribution is 6.31.